The molecule has 3 unspecified atom stereocenters. The summed E-state index contributed by atoms with van der Waals surface area (Å²) >= 11 is 0. The molecule has 0 N–H and O–H groups in total. The number of alkyl halides is 4. The highest BCUT2D eigenvalue weighted by molar-refractivity contribution is 4.98. The lowest BCUT2D eigenvalue weighted by molar-refractivity contribution is -0.317. The van der Waals surface area contributed by atoms with Gasteiger partial charge in [-0.05, 0) is 50.4 Å². The predicted molar refractivity (Wildman–Crippen MR) is 59.6 cm³/mol. The molecule has 0 aromatic heterocycles. The molecule has 0 aromatic carbocycles. The Balaban J connectivity index is 1.85. The number of allylic oxidation sites excluding steroid dienone is 2. The Morgan fingerprint density at radius 2 is 1.94 bits per heavy atom. The van der Waals surface area contributed by atoms with Crippen LogP contribution in [0.1, 0.15) is 38.5 Å². The molecule has 104 valence electrons. The maximum absolute atomic E-state index is 12.8. The highest BCUT2D eigenvalue weighted by Crippen LogP contribution is 2.40. The third kappa shape index (κ3) is 3.25. The van der Waals surface area contributed by atoms with E-state index in [4.69, 9.17) is 0 Å². The Morgan fingerprint density at radius 1 is 1.17 bits per heavy atom. The van der Waals surface area contributed by atoms with Crippen molar-refractivity contribution in [3.63, 3.8) is 0 Å². The molecule has 5 heteroatoms. The Labute approximate surface area is 104 Å². The molecule has 0 spiro atoms. The minimum absolute atomic E-state index is 0.306. The van der Waals surface area contributed by atoms with Gasteiger partial charge in [0.15, 0.2) is 0 Å². The fraction of sp³-hybridized carbons (Fsp3) is 0.846. The first-order valence-electron chi connectivity index (χ1n) is 6.49. The predicted octanol–water partition coefficient (Wildman–Crippen LogP) is 4.39. The van der Waals surface area contributed by atoms with Crippen LogP contribution in [0.5, 0.6) is 0 Å². The molecule has 0 amide bonds. The van der Waals surface area contributed by atoms with Gasteiger partial charge < -0.3 is 4.74 Å². The lowest BCUT2D eigenvalue weighted by Gasteiger charge is -2.24. The number of halogens is 4. The van der Waals surface area contributed by atoms with Gasteiger partial charge in [-0.1, -0.05) is 12.2 Å². The van der Waals surface area contributed by atoms with E-state index in [2.05, 4.69) is 16.9 Å². The maximum atomic E-state index is 12.8. The van der Waals surface area contributed by atoms with Crippen molar-refractivity contribution >= 4 is 0 Å². The van der Waals surface area contributed by atoms with Crippen molar-refractivity contribution in [3.05, 3.63) is 12.2 Å². The van der Waals surface area contributed by atoms with Crippen molar-refractivity contribution in [1.29, 1.82) is 0 Å². The van der Waals surface area contributed by atoms with Crippen LogP contribution in [-0.4, -0.2) is 18.6 Å². The Kier molecular flexibility index (Phi) is 4.30. The Bertz CT molecular complexity index is 303. The molecule has 18 heavy (non-hydrogen) atoms. The van der Waals surface area contributed by atoms with Crippen LogP contribution in [0.25, 0.3) is 0 Å². The quantitative estimate of drug-likeness (QED) is 0.542. The lowest BCUT2D eigenvalue weighted by Crippen LogP contribution is -2.34. The molecule has 2 rings (SSSR count). The van der Waals surface area contributed by atoms with Gasteiger partial charge >= 0.3 is 12.5 Å². The summed E-state index contributed by atoms with van der Waals surface area (Å²) in [5.74, 6) is 0.715. The van der Waals surface area contributed by atoms with Crippen molar-refractivity contribution in [1.82, 2.24) is 0 Å². The monoisotopic (exact) mass is 266 g/mol. The molecule has 0 aliphatic heterocycles. The van der Waals surface area contributed by atoms with E-state index in [1.54, 1.807) is 0 Å². The zero-order valence-electron chi connectivity index (χ0n) is 10.1. The zero-order valence-corrected chi connectivity index (χ0v) is 10.1. The van der Waals surface area contributed by atoms with Gasteiger partial charge in [-0.15, -0.1) is 0 Å². The second-order valence-electron chi connectivity index (χ2n) is 5.20. The van der Waals surface area contributed by atoms with Crippen molar-refractivity contribution < 1.29 is 22.3 Å². The second kappa shape index (κ2) is 5.59. The standard InChI is InChI=1S/C13H18F4O/c14-12(15)13(16,17)18-11-7-6-10(8-11)9-4-2-1-3-5-9/h2,4,9-12H,1,3,5-8H2. The molecular formula is C13H18F4O. The topological polar surface area (TPSA) is 9.23 Å². The van der Waals surface area contributed by atoms with Gasteiger partial charge in [0.25, 0.3) is 0 Å². The van der Waals surface area contributed by atoms with E-state index >= 15 is 0 Å². The van der Waals surface area contributed by atoms with E-state index in [1.807, 2.05) is 0 Å². The summed E-state index contributed by atoms with van der Waals surface area (Å²) in [6.07, 6.45) is 0.468. The number of rotatable bonds is 4. The highest BCUT2D eigenvalue weighted by atomic mass is 19.3. The molecule has 0 radical (unpaired) electrons. The molecule has 0 saturated heterocycles. The van der Waals surface area contributed by atoms with Crippen LogP contribution in [0.3, 0.4) is 0 Å². The van der Waals surface area contributed by atoms with Crippen LogP contribution >= 0.6 is 0 Å². The van der Waals surface area contributed by atoms with E-state index in [0.717, 1.165) is 25.7 Å². The molecule has 2 aliphatic rings. The van der Waals surface area contributed by atoms with Crippen molar-refractivity contribution in [2.75, 3.05) is 0 Å². The second-order valence-corrected chi connectivity index (χ2v) is 5.20. The van der Waals surface area contributed by atoms with Crippen molar-refractivity contribution in [2.24, 2.45) is 11.8 Å². The molecule has 0 heterocycles. The van der Waals surface area contributed by atoms with Crippen molar-refractivity contribution in [3.8, 4) is 0 Å². The zero-order chi connectivity index (χ0) is 13.2. The van der Waals surface area contributed by atoms with Gasteiger partial charge in [-0.25, -0.2) is 8.78 Å². The minimum atomic E-state index is -4.30. The smallest absolute Gasteiger partial charge is 0.313 e. The normalized spacial score (nSPS) is 33.3. The number of ether oxygens (including phenoxy) is 1. The molecular weight excluding hydrogens is 248 g/mol. The van der Waals surface area contributed by atoms with Gasteiger partial charge in [-0.3, -0.25) is 0 Å². The SMILES string of the molecule is FC(F)C(F)(F)OC1CCC(C2C=CCCC2)C1. The van der Waals surface area contributed by atoms with Crippen LogP contribution in [0.4, 0.5) is 17.6 Å². The summed E-state index contributed by atoms with van der Waals surface area (Å²) in [5, 5.41) is 0. The minimum Gasteiger partial charge on any atom is -0.313 e. The van der Waals surface area contributed by atoms with Gasteiger partial charge in [0.1, 0.15) is 0 Å². The Hall–Kier alpha value is -0.580. The van der Waals surface area contributed by atoms with Crippen LogP contribution < -0.4 is 0 Å². The van der Waals surface area contributed by atoms with Crippen molar-refractivity contribution in [2.45, 2.75) is 57.2 Å². The fourth-order valence-electron chi connectivity index (χ4n) is 2.97. The van der Waals surface area contributed by atoms with E-state index in [9.17, 15) is 17.6 Å². The van der Waals surface area contributed by atoms with Crippen LogP contribution in [0.15, 0.2) is 12.2 Å². The van der Waals surface area contributed by atoms with Gasteiger partial charge in [0, 0.05) is 0 Å². The lowest BCUT2D eigenvalue weighted by atomic mass is 9.83. The first-order chi connectivity index (χ1) is 8.49. The number of hydrogen-bond donors (Lipinski definition) is 0. The average molecular weight is 266 g/mol. The van der Waals surface area contributed by atoms with Gasteiger partial charge in [0.05, 0.1) is 6.10 Å². The highest BCUT2D eigenvalue weighted by Gasteiger charge is 2.46. The maximum Gasteiger partial charge on any atom is 0.416 e. The summed E-state index contributed by atoms with van der Waals surface area (Å²) in [6, 6.07) is 0. The van der Waals surface area contributed by atoms with Crippen LogP contribution in [0, 0.1) is 11.8 Å². The number of hydrogen-bond acceptors (Lipinski definition) is 1. The summed E-state index contributed by atoms with van der Waals surface area (Å²) in [5.41, 5.74) is 0. The molecule has 0 aromatic rings. The summed E-state index contributed by atoms with van der Waals surface area (Å²) in [4.78, 5) is 0. The average Bonchev–Trinajstić information content (AvgIpc) is 2.78. The molecule has 0 bridgehead atoms. The largest absolute Gasteiger partial charge is 0.416 e. The van der Waals surface area contributed by atoms with E-state index in [0.29, 0.717) is 24.7 Å². The fourth-order valence-corrected chi connectivity index (χ4v) is 2.97. The first-order valence-corrected chi connectivity index (χ1v) is 6.49. The third-order valence-corrected chi connectivity index (χ3v) is 3.90. The van der Waals surface area contributed by atoms with Gasteiger partial charge in [-0.2, -0.15) is 8.78 Å². The van der Waals surface area contributed by atoms with E-state index in [-0.39, 0.29) is 0 Å². The van der Waals surface area contributed by atoms with Gasteiger partial charge in [0.2, 0.25) is 0 Å². The summed E-state index contributed by atoms with van der Waals surface area (Å²) in [7, 11) is 0. The third-order valence-electron chi connectivity index (χ3n) is 3.90. The molecule has 2 aliphatic carbocycles. The van der Waals surface area contributed by atoms with E-state index < -0.39 is 18.6 Å². The molecule has 1 fully saturated rings. The summed E-state index contributed by atoms with van der Waals surface area (Å²) < 4.78 is 53.9. The van der Waals surface area contributed by atoms with Crippen LogP contribution in [0.2, 0.25) is 0 Å². The molecule has 3 atom stereocenters. The molecule has 1 nitrogen and oxygen atoms in total. The van der Waals surface area contributed by atoms with Crippen LogP contribution in [-0.2, 0) is 4.74 Å². The molecule has 1 saturated carbocycles. The van der Waals surface area contributed by atoms with E-state index in [1.165, 1.54) is 0 Å². The first kappa shape index (κ1) is 13.8. The summed E-state index contributed by atoms with van der Waals surface area (Å²) in [6.45, 7) is 0. The Morgan fingerprint density at radius 3 is 2.56 bits per heavy atom.